The highest BCUT2D eigenvalue weighted by atomic mass is 32.1. The molecule has 1 saturated carbocycles. The van der Waals surface area contributed by atoms with Crippen LogP contribution in [-0.2, 0) is 37.7 Å². The van der Waals surface area contributed by atoms with Crippen molar-refractivity contribution in [1.82, 2.24) is 20.9 Å². The maximum absolute atomic E-state index is 13.3. The first-order valence-electron chi connectivity index (χ1n) is 16.6. The molecule has 2 heterocycles. The van der Waals surface area contributed by atoms with Crippen LogP contribution in [0, 0.1) is 10.8 Å². The van der Waals surface area contributed by atoms with Crippen LogP contribution in [0.25, 0.3) is 0 Å². The first-order chi connectivity index (χ1) is 23.3. The second-order valence-electron chi connectivity index (χ2n) is 14.0. The van der Waals surface area contributed by atoms with Crippen LogP contribution in [0.4, 0.5) is 4.79 Å². The number of benzene rings is 2. The van der Waals surface area contributed by atoms with Gasteiger partial charge in [-0.3, -0.25) is 25.1 Å². The van der Waals surface area contributed by atoms with Crippen LogP contribution in [-0.4, -0.2) is 59.8 Å². The summed E-state index contributed by atoms with van der Waals surface area (Å²) in [5, 5.41) is 18.0. The van der Waals surface area contributed by atoms with E-state index >= 15 is 0 Å². The number of alkyl carbamates (subject to hydrolysis) is 1. The summed E-state index contributed by atoms with van der Waals surface area (Å²) in [5.41, 5.74) is 2.52. The Morgan fingerprint density at radius 2 is 1.76 bits per heavy atom. The number of hydrogen-bond acceptors (Lipinski definition) is 8. The third-order valence-corrected chi connectivity index (χ3v) is 9.96. The van der Waals surface area contributed by atoms with Crippen LogP contribution in [0.5, 0.6) is 5.75 Å². The van der Waals surface area contributed by atoms with Crippen molar-refractivity contribution in [3.63, 3.8) is 0 Å². The van der Waals surface area contributed by atoms with E-state index in [0.717, 1.165) is 22.6 Å². The number of thiophene rings is 1. The average molecular weight is 688 g/mol. The largest absolute Gasteiger partial charge is 0.494 e. The Balaban J connectivity index is 1.03. The minimum atomic E-state index is -0.726. The molecular formula is C37H45N5O6S. The molecule has 11 nitrogen and oxygen atoms in total. The maximum atomic E-state index is 13.3. The minimum Gasteiger partial charge on any atom is -0.494 e. The molecule has 1 saturated heterocycles. The summed E-state index contributed by atoms with van der Waals surface area (Å²) in [6, 6.07) is 18.3. The van der Waals surface area contributed by atoms with Gasteiger partial charge in [-0.05, 0) is 59.4 Å². The molecule has 2 aromatic carbocycles. The predicted octanol–water partition coefficient (Wildman–Crippen LogP) is 5.27. The van der Waals surface area contributed by atoms with Gasteiger partial charge in [0.25, 0.3) is 0 Å². The normalized spacial score (nSPS) is 19.4. The van der Waals surface area contributed by atoms with Gasteiger partial charge in [0, 0.05) is 28.3 Å². The standard InChI is InChI=1S/C37H45N5O6S/c1-36(2,3)26-12-14-27(15-13-26)47-16-8-11-31(43)39-21-32(44)42-29(18-37(4)19-30(37)42)34(45)40-20-28-17-25(23-49-28)33(38)41-35(46)48-22-24-9-6-5-7-10-24/h5-7,9-10,12-15,17,23,29-30H,8,11,16,18-22H2,1-4H3,(H,39,43)(H,40,45)(H2,38,41,46)/t29-,30-,37+/m0/s1. The fourth-order valence-electron chi connectivity index (χ4n) is 6.02. The highest BCUT2D eigenvalue weighted by molar-refractivity contribution is 7.10. The molecule has 49 heavy (non-hydrogen) atoms. The number of amidine groups is 1. The Labute approximate surface area is 291 Å². The van der Waals surface area contributed by atoms with Gasteiger partial charge in [0.1, 0.15) is 24.2 Å². The lowest BCUT2D eigenvalue weighted by molar-refractivity contribution is -0.140. The maximum Gasteiger partial charge on any atom is 0.413 e. The quantitative estimate of drug-likeness (QED) is 0.109. The molecule has 2 aliphatic rings. The zero-order chi connectivity index (χ0) is 35.2. The van der Waals surface area contributed by atoms with Gasteiger partial charge in [-0.25, -0.2) is 4.79 Å². The molecule has 0 unspecified atom stereocenters. The van der Waals surface area contributed by atoms with Crippen molar-refractivity contribution < 1.29 is 28.7 Å². The molecule has 1 aliphatic carbocycles. The van der Waals surface area contributed by atoms with E-state index in [1.807, 2.05) is 54.6 Å². The lowest BCUT2D eigenvalue weighted by Crippen LogP contribution is -2.50. The summed E-state index contributed by atoms with van der Waals surface area (Å²) in [6.45, 7) is 9.07. The number of nitrogens with one attached hydrogen (secondary N) is 4. The SMILES string of the molecule is CC(C)(C)c1ccc(OCCCC(=O)NCC(=O)N2[C@H]3C[C@@]3(C)C[C@H]2C(=O)NCc2cc(C(=N)NC(=O)OCc3ccccc3)cs2)cc1. The van der Waals surface area contributed by atoms with Crippen molar-refractivity contribution in [2.24, 2.45) is 5.41 Å². The van der Waals surface area contributed by atoms with E-state index in [4.69, 9.17) is 14.9 Å². The molecule has 3 atom stereocenters. The summed E-state index contributed by atoms with van der Waals surface area (Å²) in [5.74, 6) is -0.118. The minimum absolute atomic E-state index is 0.0211. The smallest absolute Gasteiger partial charge is 0.413 e. The van der Waals surface area contributed by atoms with Gasteiger partial charge in [-0.15, -0.1) is 11.3 Å². The lowest BCUT2D eigenvalue weighted by atomic mass is 9.87. The Kier molecular flexibility index (Phi) is 11.1. The zero-order valence-electron chi connectivity index (χ0n) is 28.5. The van der Waals surface area contributed by atoms with Crippen LogP contribution in [0.1, 0.15) is 74.9 Å². The number of carbonyl (C=O) groups excluding carboxylic acids is 4. The molecule has 0 radical (unpaired) electrons. The van der Waals surface area contributed by atoms with Crippen molar-refractivity contribution in [2.45, 2.75) is 84.0 Å². The van der Waals surface area contributed by atoms with Crippen molar-refractivity contribution in [2.75, 3.05) is 13.2 Å². The molecular weight excluding hydrogens is 643 g/mol. The first kappa shape index (κ1) is 35.6. The van der Waals surface area contributed by atoms with E-state index in [1.165, 1.54) is 16.9 Å². The van der Waals surface area contributed by atoms with Crippen molar-refractivity contribution in [3.05, 3.63) is 87.6 Å². The van der Waals surface area contributed by atoms with Gasteiger partial charge in [-0.1, -0.05) is 70.2 Å². The molecule has 12 heteroatoms. The van der Waals surface area contributed by atoms with Gasteiger partial charge in [0.2, 0.25) is 17.7 Å². The number of likely N-dealkylation sites (tertiary alicyclic amines) is 1. The average Bonchev–Trinajstić information content (AvgIpc) is 3.37. The molecule has 1 aliphatic heterocycles. The monoisotopic (exact) mass is 687 g/mol. The van der Waals surface area contributed by atoms with E-state index in [0.29, 0.717) is 25.0 Å². The van der Waals surface area contributed by atoms with Gasteiger partial charge >= 0.3 is 6.09 Å². The molecule has 4 amide bonds. The number of fused-ring (bicyclic) bond motifs is 1. The van der Waals surface area contributed by atoms with Gasteiger partial charge in [0.15, 0.2) is 0 Å². The zero-order valence-corrected chi connectivity index (χ0v) is 29.3. The van der Waals surface area contributed by atoms with Crippen LogP contribution in [0.15, 0.2) is 66.0 Å². The molecule has 2 fully saturated rings. The number of nitrogens with zero attached hydrogens (tertiary/aromatic N) is 1. The summed E-state index contributed by atoms with van der Waals surface area (Å²) in [4.78, 5) is 53.6. The number of piperidine rings is 1. The molecule has 4 N–H and O–H groups in total. The molecule has 5 rings (SSSR count). The van der Waals surface area contributed by atoms with E-state index in [1.54, 1.807) is 16.3 Å². The fourth-order valence-corrected chi connectivity index (χ4v) is 6.83. The highest BCUT2D eigenvalue weighted by Gasteiger charge is 2.64. The Morgan fingerprint density at radius 1 is 1.02 bits per heavy atom. The van der Waals surface area contributed by atoms with Gasteiger partial charge < -0.3 is 25.0 Å². The van der Waals surface area contributed by atoms with E-state index in [-0.39, 0.29) is 66.5 Å². The van der Waals surface area contributed by atoms with Crippen LogP contribution in [0.3, 0.4) is 0 Å². The Bertz CT molecular complexity index is 1670. The number of carbonyl (C=O) groups is 4. The third-order valence-electron chi connectivity index (χ3n) is 9.02. The number of hydrogen-bond donors (Lipinski definition) is 4. The van der Waals surface area contributed by atoms with E-state index in [9.17, 15) is 19.2 Å². The van der Waals surface area contributed by atoms with Crippen molar-refractivity contribution in [1.29, 1.82) is 5.41 Å². The van der Waals surface area contributed by atoms with Crippen LogP contribution < -0.4 is 20.7 Å². The van der Waals surface area contributed by atoms with E-state index < -0.39 is 12.1 Å². The van der Waals surface area contributed by atoms with Crippen LogP contribution >= 0.6 is 11.3 Å². The molecule has 260 valence electrons. The molecule has 3 aromatic rings. The van der Waals surface area contributed by atoms with Gasteiger partial charge in [-0.2, -0.15) is 0 Å². The Morgan fingerprint density at radius 3 is 2.47 bits per heavy atom. The second kappa shape index (κ2) is 15.2. The summed E-state index contributed by atoms with van der Waals surface area (Å²) >= 11 is 1.35. The summed E-state index contributed by atoms with van der Waals surface area (Å²) in [6.07, 6.45) is 1.41. The fraction of sp³-hybridized carbons (Fsp3) is 0.432. The molecule has 1 aromatic heterocycles. The van der Waals surface area contributed by atoms with Crippen molar-refractivity contribution >= 4 is 41.0 Å². The molecule has 0 spiro atoms. The summed E-state index contributed by atoms with van der Waals surface area (Å²) < 4.78 is 11.0. The third kappa shape index (κ3) is 9.47. The second-order valence-corrected chi connectivity index (χ2v) is 15.0. The number of ether oxygens (including phenoxy) is 2. The van der Waals surface area contributed by atoms with Crippen molar-refractivity contribution in [3.8, 4) is 5.75 Å². The number of amides is 4. The van der Waals surface area contributed by atoms with Gasteiger partial charge in [0.05, 0.1) is 19.7 Å². The summed E-state index contributed by atoms with van der Waals surface area (Å²) in [7, 11) is 0. The molecule has 0 bridgehead atoms. The Hall–Kier alpha value is -4.71. The first-order valence-corrected chi connectivity index (χ1v) is 17.4. The topological polar surface area (TPSA) is 150 Å². The lowest BCUT2D eigenvalue weighted by Gasteiger charge is -2.27. The number of rotatable bonds is 13. The van der Waals surface area contributed by atoms with E-state index in [2.05, 4.69) is 43.6 Å². The van der Waals surface area contributed by atoms with Crippen LogP contribution in [0.2, 0.25) is 0 Å². The highest BCUT2D eigenvalue weighted by Crippen LogP contribution is 2.59. The predicted molar refractivity (Wildman–Crippen MR) is 187 cm³/mol.